The van der Waals surface area contributed by atoms with Gasteiger partial charge in [-0.05, 0) is 39.5 Å². The molecule has 0 radical (unpaired) electrons. The molecular weight excluding hydrogens is 240 g/mol. The molecule has 100 valence electrons. The molecule has 0 aromatic carbocycles. The van der Waals surface area contributed by atoms with Crippen LogP contribution in [0.1, 0.15) is 35.5 Å². The maximum absolute atomic E-state index is 12.2. The lowest BCUT2D eigenvalue weighted by Crippen LogP contribution is -2.21. The molecule has 0 atom stereocenters. The van der Waals surface area contributed by atoms with Crippen molar-refractivity contribution < 1.29 is 0 Å². The van der Waals surface area contributed by atoms with E-state index in [-0.39, 0.29) is 5.56 Å². The topological polar surface area (TPSA) is 63.6 Å². The fraction of sp³-hybridized carbons (Fsp3) is 0.500. The Bertz CT molecular complexity index is 696. The van der Waals surface area contributed by atoms with Gasteiger partial charge in [0.05, 0.1) is 17.0 Å². The number of aromatic nitrogens is 4. The molecule has 0 bridgehead atoms. The van der Waals surface area contributed by atoms with Crippen LogP contribution in [0, 0.1) is 13.8 Å². The van der Waals surface area contributed by atoms with Gasteiger partial charge in [0.15, 0.2) is 0 Å². The average Bonchev–Trinajstić information content (AvgIpc) is 2.63. The summed E-state index contributed by atoms with van der Waals surface area (Å²) in [5, 5.41) is 4.38. The van der Waals surface area contributed by atoms with Gasteiger partial charge in [0.1, 0.15) is 5.82 Å². The normalized spacial score (nSPS) is 14.5. The standard InChI is InChI=1S/C14H18N4O/c1-8-12(9(2)18(3)17-8)13-15-11-7-5-4-6-10(11)14(19)16-13/h4-7H2,1-3H3,(H,15,16,19). The number of rotatable bonds is 1. The van der Waals surface area contributed by atoms with E-state index in [0.717, 1.165) is 53.9 Å². The second-order valence-corrected chi connectivity index (χ2v) is 5.22. The molecule has 2 heterocycles. The highest BCUT2D eigenvalue weighted by Crippen LogP contribution is 2.24. The number of aromatic amines is 1. The van der Waals surface area contributed by atoms with Crippen molar-refractivity contribution >= 4 is 0 Å². The third kappa shape index (κ3) is 1.89. The zero-order valence-corrected chi connectivity index (χ0v) is 11.6. The Hall–Kier alpha value is -1.91. The fourth-order valence-electron chi connectivity index (χ4n) is 2.84. The predicted molar refractivity (Wildman–Crippen MR) is 73.2 cm³/mol. The summed E-state index contributed by atoms with van der Waals surface area (Å²) in [7, 11) is 1.91. The number of hydrogen-bond donors (Lipinski definition) is 1. The summed E-state index contributed by atoms with van der Waals surface area (Å²) in [6.45, 7) is 3.94. The van der Waals surface area contributed by atoms with Gasteiger partial charge >= 0.3 is 0 Å². The van der Waals surface area contributed by atoms with Crippen LogP contribution in [0.4, 0.5) is 0 Å². The van der Waals surface area contributed by atoms with E-state index >= 15 is 0 Å². The first kappa shape index (κ1) is 12.1. The smallest absolute Gasteiger partial charge is 0.254 e. The third-order valence-corrected chi connectivity index (χ3v) is 3.94. The summed E-state index contributed by atoms with van der Waals surface area (Å²) >= 11 is 0. The number of aryl methyl sites for hydroxylation is 3. The molecule has 1 aliphatic carbocycles. The Morgan fingerprint density at radius 2 is 1.95 bits per heavy atom. The summed E-state index contributed by atoms with van der Waals surface area (Å²) in [6.07, 6.45) is 3.96. The van der Waals surface area contributed by atoms with Crippen LogP contribution in [0.2, 0.25) is 0 Å². The number of nitrogens with zero attached hydrogens (tertiary/aromatic N) is 3. The van der Waals surface area contributed by atoms with Crippen LogP contribution >= 0.6 is 0 Å². The van der Waals surface area contributed by atoms with E-state index in [1.807, 2.05) is 25.6 Å². The largest absolute Gasteiger partial charge is 0.306 e. The van der Waals surface area contributed by atoms with Crippen molar-refractivity contribution in [2.24, 2.45) is 7.05 Å². The van der Waals surface area contributed by atoms with Crippen LogP contribution in [0.25, 0.3) is 11.4 Å². The molecule has 1 N–H and O–H groups in total. The zero-order valence-electron chi connectivity index (χ0n) is 11.6. The Kier molecular flexibility index (Phi) is 2.77. The van der Waals surface area contributed by atoms with Crippen molar-refractivity contribution in [1.29, 1.82) is 0 Å². The van der Waals surface area contributed by atoms with Crippen LogP contribution in [0.15, 0.2) is 4.79 Å². The molecule has 0 unspecified atom stereocenters. The lowest BCUT2D eigenvalue weighted by Gasteiger charge is -2.14. The lowest BCUT2D eigenvalue weighted by atomic mass is 9.97. The quantitative estimate of drug-likeness (QED) is 0.846. The molecular formula is C14H18N4O. The van der Waals surface area contributed by atoms with Crippen LogP contribution in [0.3, 0.4) is 0 Å². The van der Waals surface area contributed by atoms with Crippen LogP contribution in [0.5, 0.6) is 0 Å². The van der Waals surface area contributed by atoms with Gasteiger partial charge < -0.3 is 4.98 Å². The highest BCUT2D eigenvalue weighted by atomic mass is 16.1. The maximum Gasteiger partial charge on any atom is 0.254 e. The molecule has 2 aromatic heterocycles. The summed E-state index contributed by atoms with van der Waals surface area (Å²) in [5.41, 5.74) is 4.73. The number of fused-ring (bicyclic) bond motifs is 1. The average molecular weight is 258 g/mol. The first-order valence-corrected chi connectivity index (χ1v) is 6.70. The van der Waals surface area contributed by atoms with Gasteiger partial charge in [-0.1, -0.05) is 0 Å². The van der Waals surface area contributed by atoms with E-state index < -0.39 is 0 Å². The van der Waals surface area contributed by atoms with Gasteiger partial charge in [-0.2, -0.15) is 5.10 Å². The molecule has 0 amide bonds. The number of H-pyrrole nitrogens is 1. The van der Waals surface area contributed by atoms with E-state index in [4.69, 9.17) is 0 Å². The molecule has 2 aromatic rings. The summed E-state index contributed by atoms with van der Waals surface area (Å²) < 4.78 is 1.82. The van der Waals surface area contributed by atoms with Crippen molar-refractivity contribution in [2.75, 3.05) is 0 Å². The van der Waals surface area contributed by atoms with E-state index in [9.17, 15) is 4.79 Å². The second-order valence-electron chi connectivity index (χ2n) is 5.22. The van der Waals surface area contributed by atoms with Crippen molar-refractivity contribution in [3.8, 4) is 11.4 Å². The molecule has 5 heteroatoms. The Labute approximate surface area is 111 Å². The highest BCUT2D eigenvalue weighted by Gasteiger charge is 2.19. The molecule has 5 nitrogen and oxygen atoms in total. The third-order valence-electron chi connectivity index (χ3n) is 3.94. The van der Waals surface area contributed by atoms with E-state index in [1.165, 1.54) is 0 Å². The van der Waals surface area contributed by atoms with E-state index in [0.29, 0.717) is 5.82 Å². The Balaban J connectivity index is 2.21. The number of hydrogen-bond acceptors (Lipinski definition) is 3. The first-order valence-electron chi connectivity index (χ1n) is 6.70. The molecule has 1 aliphatic rings. The van der Waals surface area contributed by atoms with Crippen LogP contribution in [-0.4, -0.2) is 19.7 Å². The van der Waals surface area contributed by atoms with Gasteiger partial charge in [0, 0.05) is 18.3 Å². The second kappa shape index (κ2) is 4.33. The molecule has 0 fully saturated rings. The van der Waals surface area contributed by atoms with Gasteiger partial charge in [-0.25, -0.2) is 4.98 Å². The molecule has 19 heavy (non-hydrogen) atoms. The maximum atomic E-state index is 12.2. The lowest BCUT2D eigenvalue weighted by molar-refractivity contribution is 0.657. The van der Waals surface area contributed by atoms with Gasteiger partial charge in [0.25, 0.3) is 5.56 Å². The first-order chi connectivity index (χ1) is 9.08. The van der Waals surface area contributed by atoms with Crippen molar-refractivity contribution in [1.82, 2.24) is 19.7 Å². The molecule has 0 spiro atoms. The zero-order chi connectivity index (χ0) is 13.6. The molecule has 0 aliphatic heterocycles. The van der Waals surface area contributed by atoms with Crippen molar-refractivity contribution in [3.05, 3.63) is 33.0 Å². The minimum Gasteiger partial charge on any atom is -0.306 e. The van der Waals surface area contributed by atoms with E-state index in [2.05, 4.69) is 15.1 Å². The summed E-state index contributed by atoms with van der Waals surface area (Å²) in [4.78, 5) is 19.8. The molecule has 0 saturated heterocycles. The van der Waals surface area contributed by atoms with Crippen LogP contribution < -0.4 is 5.56 Å². The fourth-order valence-corrected chi connectivity index (χ4v) is 2.84. The minimum atomic E-state index is 0.0161. The monoisotopic (exact) mass is 258 g/mol. The Morgan fingerprint density at radius 1 is 1.21 bits per heavy atom. The van der Waals surface area contributed by atoms with Gasteiger partial charge in [-0.15, -0.1) is 0 Å². The van der Waals surface area contributed by atoms with Gasteiger partial charge in [0.2, 0.25) is 0 Å². The van der Waals surface area contributed by atoms with Crippen molar-refractivity contribution in [2.45, 2.75) is 39.5 Å². The van der Waals surface area contributed by atoms with E-state index in [1.54, 1.807) is 0 Å². The van der Waals surface area contributed by atoms with Crippen LogP contribution in [-0.2, 0) is 19.9 Å². The SMILES string of the molecule is Cc1nn(C)c(C)c1-c1nc2c(c(=O)[nH]1)CCCC2. The van der Waals surface area contributed by atoms with Gasteiger partial charge in [-0.3, -0.25) is 9.48 Å². The summed E-state index contributed by atoms with van der Waals surface area (Å²) in [5.74, 6) is 0.661. The Morgan fingerprint density at radius 3 is 2.63 bits per heavy atom. The molecule has 3 rings (SSSR count). The van der Waals surface area contributed by atoms with Crippen molar-refractivity contribution in [3.63, 3.8) is 0 Å². The predicted octanol–water partition coefficient (Wildman–Crippen LogP) is 1.67. The minimum absolute atomic E-state index is 0.0161. The summed E-state index contributed by atoms with van der Waals surface area (Å²) in [6, 6.07) is 0. The molecule has 0 saturated carbocycles. The highest BCUT2D eigenvalue weighted by molar-refractivity contribution is 5.61. The number of nitrogens with one attached hydrogen (secondary N) is 1.